The molecule has 4 nitrogen and oxygen atoms in total. The second-order valence-corrected chi connectivity index (χ2v) is 7.03. The van der Waals surface area contributed by atoms with E-state index in [1.807, 2.05) is 0 Å². The summed E-state index contributed by atoms with van der Waals surface area (Å²) in [6.07, 6.45) is 7.06. The van der Waals surface area contributed by atoms with Gasteiger partial charge in [-0.1, -0.05) is 32.0 Å². The smallest absolute Gasteiger partial charge is 0.123 e. The van der Waals surface area contributed by atoms with Gasteiger partial charge in [0.25, 0.3) is 0 Å². The van der Waals surface area contributed by atoms with Gasteiger partial charge < -0.3 is 20.2 Å². The molecule has 2 aliphatic rings. The van der Waals surface area contributed by atoms with Gasteiger partial charge in [-0.15, -0.1) is 0 Å². The third kappa shape index (κ3) is 5.82. The summed E-state index contributed by atoms with van der Waals surface area (Å²) in [5.74, 6) is 1.61. The zero-order valence-corrected chi connectivity index (χ0v) is 15.9. The van der Waals surface area contributed by atoms with Crippen LogP contribution in [0.15, 0.2) is 24.3 Å². The summed E-state index contributed by atoms with van der Waals surface area (Å²) in [5, 5.41) is 6.53. The first-order valence-corrected chi connectivity index (χ1v) is 9.87. The molecule has 1 atom stereocenters. The molecule has 1 aromatic rings. The van der Waals surface area contributed by atoms with Crippen molar-refractivity contribution in [3.63, 3.8) is 0 Å². The lowest BCUT2D eigenvalue weighted by Gasteiger charge is -2.44. The lowest BCUT2D eigenvalue weighted by Crippen LogP contribution is -2.49. The molecular weight excluding hydrogens is 312 g/mol. The lowest BCUT2D eigenvalue weighted by atomic mass is 9.76. The molecule has 140 valence electrons. The van der Waals surface area contributed by atoms with Crippen LogP contribution in [-0.4, -0.2) is 38.1 Å². The standard InChI is InChI=1S/C17H23NO2.C4H11N/c19-12-4-3-5-14-13-17(8-10-18-11-9-17)20-16-7-2-1-6-15(14)16;1-3-5-4-2/h1-2,6-7,12,14,18H,3-5,8-11,13H2;5H,3-4H2,1-2H3. The first-order chi connectivity index (χ1) is 12.2. The van der Waals surface area contributed by atoms with Gasteiger partial charge in [-0.2, -0.15) is 0 Å². The fraction of sp³-hybridized carbons (Fsp3) is 0.667. The molecule has 2 N–H and O–H groups in total. The maximum Gasteiger partial charge on any atom is 0.123 e. The molecule has 1 saturated heterocycles. The highest BCUT2D eigenvalue weighted by Gasteiger charge is 2.41. The molecule has 0 radical (unpaired) electrons. The van der Waals surface area contributed by atoms with Gasteiger partial charge >= 0.3 is 0 Å². The van der Waals surface area contributed by atoms with Crippen LogP contribution in [0.2, 0.25) is 0 Å². The van der Waals surface area contributed by atoms with Gasteiger partial charge in [-0.25, -0.2) is 0 Å². The molecule has 0 aliphatic carbocycles. The average molecular weight is 347 g/mol. The van der Waals surface area contributed by atoms with E-state index in [1.165, 1.54) is 5.56 Å². The monoisotopic (exact) mass is 346 g/mol. The molecule has 4 heteroatoms. The third-order valence-electron chi connectivity index (χ3n) is 5.19. The number of carbonyl (C=O) groups excluding carboxylic acids is 1. The first-order valence-electron chi connectivity index (χ1n) is 9.87. The van der Waals surface area contributed by atoms with Crippen molar-refractivity contribution in [3.05, 3.63) is 29.8 Å². The van der Waals surface area contributed by atoms with Crippen molar-refractivity contribution in [2.75, 3.05) is 26.2 Å². The fourth-order valence-corrected chi connectivity index (χ4v) is 3.89. The highest BCUT2D eigenvalue weighted by molar-refractivity contribution is 5.49. The van der Waals surface area contributed by atoms with Crippen LogP contribution in [0, 0.1) is 0 Å². The number of carbonyl (C=O) groups is 1. The number of unbranched alkanes of at least 4 members (excludes halogenated alkanes) is 1. The van der Waals surface area contributed by atoms with E-state index in [1.54, 1.807) is 0 Å². The van der Waals surface area contributed by atoms with E-state index in [-0.39, 0.29) is 5.60 Å². The Balaban J connectivity index is 0.000000399. The van der Waals surface area contributed by atoms with Gasteiger partial charge in [0, 0.05) is 6.42 Å². The number of hydrogen-bond donors (Lipinski definition) is 2. The van der Waals surface area contributed by atoms with Crippen molar-refractivity contribution >= 4 is 6.29 Å². The Labute approximate surface area is 152 Å². The zero-order valence-electron chi connectivity index (χ0n) is 15.9. The molecule has 1 unspecified atom stereocenters. The van der Waals surface area contributed by atoms with E-state index >= 15 is 0 Å². The average Bonchev–Trinajstić information content (AvgIpc) is 2.64. The summed E-state index contributed by atoms with van der Waals surface area (Å²) in [5.41, 5.74) is 1.35. The molecule has 2 aliphatic heterocycles. The Morgan fingerprint density at radius 1 is 1.24 bits per heavy atom. The van der Waals surface area contributed by atoms with Gasteiger partial charge in [0.15, 0.2) is 0 Å². The van der Waals surface area contributed by atoms with Crippen LogP contribution in [0.4, 0.5) is 0 Å². The van der Waals surface area contributed by atoms with Crippen molar-refractivity contribution < 1.29 is 9.53 Å². The number of para-hydroxylation sites is 1. The van der Waals surface area contributed by atoms with Gasteiger partial charge in [0.1, 0.15) is 17.6 Å². The maximum absolute atomic E-state index is 10.6. The summed E-state index contributed by atoms with van der Waals surface area (Å²) in [6, 6.07) is 8.44. The number of ether oxygens (including phenoxy) is 1. The molecule has 1 aromatic carbocycles. The molecular formula is C21H34N2O2. The normalized spacial score (nSPS) is 20.8. The number of rotatable bonds is 6. The van der Waals surface area contributed by atoms with Gasteiger partial charge in [-0.3, -0.25) is 0 Å². The number of piperidine rings is 1. The molecule has 1 fully saturated rings. The molecule has 3 rings (SSSR count). The maximum atomic E-state index is 10.6. The molecule has 0 bridgehead atoms. The van der Waals surface area contributed by atoms with Crippen molar-refractivity contribution in [1.29, 1.82) is 0 Å². The lowest BCUT2D eigenvalue weighted by molar-refractivity contribution is -0.107. The number of fused-ring (bicyclic) bond motifs is 1. The van der Waals surface area contributed by atoms with E-state index in [0.717, 1.165) is 70.3 Å². The molecule has 0 amide bonds. The van der Waals surface area contributed by atoms with Crippen LogP contribution in [0.3, 0.4) is 0 Å². The Morgan fingerprint density at radius 2 is 1.96 bits per heavy atom. The Kier molecular flexibility index (Phi) is 8.42. The van der Waals surface area contributed by atoms with Crippen LogP contribution in [-0.2, 0) is 4.79 Å². The van der Waals surface area contributed by atoms with E-state index in [9.17, 15) is 4.79 Å². The SMILES string of the molecule is CCNCC.O=CCCCC1CC2(CCNCC2)Oc2ccccc21. The minimum absolute atomic E-state index is 0.0193. The van der Waals surface area contributed by atoms with Gasteiger partial charge in [0.05, 0.1) is 0 Å². The number of aldehydes is 1. The van der Waals surface area contributed by atoms with Crippen molar-refractivity contribution in [2.45, 2.75) is 63.9 Å². The van der Waals surface area contributed by atoms with Gasteiger partial charge in [-0.05, 0) is 75.8 Å². The van der Waals surface area contributed by atoms with Crippen LogP contribution < -0.4 is 15.4 Å². The molecule has 0 saturated carbocycles. The predicted octanol–water partition coefficient (Wildman–Crippen LogP) is 3.66. The molecule has 0 aromatic heterocycles. The fourth-order valence-electron chi connectivity index (χ4n) is 3.89. The van der Waals surface area contributed by atoms with E-state index < -0.39 is 0 Å². The largest absolute Gasteiger partial charge is 0.487 e. The number of benzene rings is 1. The zero-order chi connectivity index (χ0) is 18.0. The van der Waals surface area contributed by atoms with Crippen LogP contribution in [0.5, 0.6) is 5.75 Å². The van der Waals surface area contributed by atoms with E-state index in [4.69, 9.17) is 4.74 Å². The summed E-state index contributed by atoms with van der Waals surface area (Å²) in [6.45, 7) is 8.48. The van der Waals surface area contributed by atoms with Crippen molar-refractivity contribution in [1.82, 2.24) is 10.6 Å². The summed E-state index contributed by atoms with van der Waals surface area (Å²) < 4.78 is 6.39. The number of hydrogen-bond acceptors (Lipinski definition) is 4. The summed E-state index contributed by atoms with van der Waals surface area (Å²) in [4.78, 5) is 10.6. The highest BCUT2D eigenvalue weighted by atomic mass is 16.5. The summed E-state index contributed by atoms with van der Waals surface area (Å²) >= 11 is 0. The molecule has 25 heavy (non-hydrogen) atoms. The van der Waals surface area contributed by atoms with Crippen molar-refractivity contribution in [2.24, 2.45) is 0 Å². The predicted molar refractivity (Wildman–Crippen MR) is 103 cm³/mol. The summed E-state index contributed by atoms with van der Waals surface area (Å²) in [7, 11) is 0. The third-order valence-corrected chi connectivity index (χ3v) is 5.19. The molecule has 1 spiro atoms. The Bertz CT molecular complexity index is 510. The number of nitrogens with one attached hydrogen (secondary N) is 2. The Morgan fingerprint density at radius 3 is 2.60 bits per heavy atom. The van der Waals surface area contributed by atoms with E-state index in [2.05, 4.69) is 48.7 Å². The highest BCUT2D eigenvalue weighted by Crippen LogP contribution is 2.46. The van der Waals surface area contributed by atoms with Crippen LogP contribution in [0.25, 0.3) is 0 Å². The van der Waals surface area contributed by atoms with Crippen LogP contribution >= 0.6 is 0 Å². The minimum atomic E-state index is 0.0193. The minimum Gasteiger partial charge on any atom is -0.487 e. The Hall–Kier alpha value is -1.39. The first kappa shape index (κ1) is 19.9. The second kappa shape index (κ2) is 10.6. The topological polar surface area (TPSA) is 50.4 Å². The quantitative estimate of drug-likeness (QED) is 0.610. The van der Waals surface area contributed by atoms with Gasteiger partial charge in [0.2, 0.25) is 0 Å². The van der Waals surface area contributed by atoms with E-state index in [0.29, 0.717) is 12.3 Å². The van der Waals surface area contributed by atoms with Crippen LogP contribution in [0.1, 0.15) is 63.9 Å². The molecule has 2 heterocycles. The van der Waals surface area contributed by atoms with Crippen molar-refractivity contribution in [3.8, 4) is 5.75 Å². The second-order valence-electron chi connectivity index (χ2n) is 7.03.